The fraction of sp³-hybridized carbons (Fsp3) is 0. The van der Waals surface area contributed by atoms with Crippen molar-refractivity contribution in [2.75, 3.05) is 0 Å². The van der Waals surface area contributed by atoms with E-state index in [1.807, 2.05) is 12.1 Å². The van der Waals surface area contributed by atoms with Crippen molar-refractivity contribution < 1.29 is 4.39 Å². The molecule has 1 heterocycles. The zero-order valence-electron chi connectivity index (χ0n) is 10.7. The number of hydrogen-bond acceptors (Lipinski definition) is 0. The molecule has 0 unspecified atom stereocenters. The van der Waals surface area contributed by atoms with Crippen molar-refractivity contribution >= 4 is 30.4 Å². The fourth-order valence-electron chi connectivity index (χ4n) is 2.68. The first-order chi connectivity index (χ1) is 9.84. The van der Waals surface area contributed by atoms with Gasteiger partial charge in [0.25, 0.3) is 0 Å². The van der Waals surface area contributed by atoms with Crippen molar-refractivity contribution in [2.24, 2.45) is 0 Å². The van der Waals surface area contributed by atoms with Gasteiger partial charge in [-0.15, -0.1) is 0 Å². The predicted molar refractivity (Wildman–Crippen MR) is 82.9 cm³/mol. The molecule has 0 amide bonds. The maximum absolute atomic E-state index is 13.2. The average molecular weight is 375 g/mol. The fourth-order valence-corrected chi connectivity index (χ4v) is 9.46. The van der Waals surface area contributed by atoms with E-state index in [1.165, 1.54) is 22.0 Å². The van der Waals surface area contributed by atoms with Crippen molar-refractivity contribution in [1.29, 1.82) is 0 Å². The SMILES string of the molecule is Fc1ccc([Te]2c3ccccc3-c3ccccc32)cc1. The Hall–Kier alpha value is -1.62. The molecular weight excluding hydrogens is 363 g/mol. The molecule has 0 N–H and O–H groups in total. The third-order valence-electron chi connectivity index (χ3n) is 3.55. The van der Waals surface area contributed by atoms with Gasteiger partial charge in [-0.2, -0.15) is 0 Å². The molecule has 1 aliphatic heterocycles. The van der Waals surface area contributed by atoms with E-state index in [4.69, 9.17) is 0 Å². The van der Waals surface area contributed by atoms with E-state index in [-0.39, 0.29) is 5.82 Å². The van der Waals surface area contributed by atoms with Crippen molar-refractivity contribution in [3.05, 3.63) is 78.6 Å². The summed E-state index contributed by atoms with van der Waals surface area (Å²) in [6, 6.07) is 24.4. The van der Waals surface area contributed by atoms with Gasteiger partial charge >= 0.3 is 125 Å². The van der Waals surface area contributed by atoms with Gasteiger partial charge in [-0.1, -0.05) is 0 Å². The van der Waals surface area contributed by atoms with Crippen LogP contribution in [0.25, 0.3) is 11.1 Å². The Morgan fingerprint density at radius 2 is 1.10 bits per heavy atom. The van der Waals surface area contributed by atoms with Gasteiger partial charge in [0.1, 0.15) is 0 Å². The molecule has 3 aromatic carbocycles. The van der Waals surface area contributed by atoms with Crippen LogP contribution < -0.4 is 10.8 Å². The average Bonchev–Trinajstić information content (AvgIpc) is 2.83. The van der Waals surface area contributed by atoms with Crippen molar-refractivity contribution in [2.45, 2.75) is 0 Å². The zero-order valence-corrected chi connectivity index (χ0v) is 13.0. The number of benzene rings is 3. The first-order valence-electron chi connectivity index (χ1n) is 6.53. The Kier molecular flexibility index (Phi) is 2.88. The van der Waals surface area contributed by atoms with E-state index in [0.29, 0.717) is 0 Å². The van der Waals surface area contributed by atoms with Crippen LogP contribution in [0.2, 0.25) is 0 Å². The topological polar surface area (TPSA) is 0 Å². The summed E-state index contributed by atoms with van der Waals surface area (Å²) in [4.78, 5) is 0. The molecule has 1 aliphatic rings. The van der Waals surface area contributed by atoms with Crippen LogP contribution in [-0.2, 0) is 0 Å². The van der Waals surface area contributed by atoms with Gasteiger partial charge in [-0.3, -0.25) is 0 Å². The molecule has 20 heavy (non-hydrogen) atoms. The summed E-state index contributed by atoms with van der Waals surface area (Å²) in [6.45, 7) is 0. The Morgan fingerprint density at radius 3 is 1.65 bits per heavy atom. The quantitative estimate of drug-likeness (QED) is 0.449. The first kappa shape index (κ1) is 12.1. The van der Waals surface area contributed by atoms with Gasteiger partial charge in [-0.25, -0.2) is 0 Å². The van der Waals surface area contributed by atoms with E-state index in [2.05, 4.69) is 48.5 Å². The van der Waals surface area contributed by atoms with Crippen molar-refractivity contribution in [3.63, 3.8) is 0 Å². The molecule has 0 aromatic heterocycles. The molecule has 4 rings (SSSR count). The van der Waals surface area contributed by atoms with Crippen LogP contribution in [0.1, 0.15) is 0 Å². The summed E-state index contributed by atoms with van der Waals surface area (Å²) in [5.41, 5.74) is 2.73. The summed E-state index contributed by atoms with van der Waals surface area (Å²) in [5.74, 6) is -0.160. The molecule has 97 valence electrons. The summed E-state index contributed by atoms with van der Waals surface area (Å²) in [7, 11) is 0. The van der Waals surface area contributed by atoms with E-state index >= 15 is 0 Å². The normalized spacial score (nSPS) is 13.1. The van der Waals surface area contributed by atoms with Gasteiger partial charge < -0.3 is 0 Å². The van der Waals surface area contributed by atoms with E-state index in [0.717, 1.165) is 0 Å². The van der Waals surface area contributed by atoms with Crippen LogP contribution in [-0.4, -0.2) is 19.6 Å². The second-order valence-electron chi connectivity index (χ2n) is 4.75. The van der Waals surface area contributed by atoms with E-state index < -0.39 is 19.6 Å². The van der Waals surface area contributed by atoms with Gasteiger partial charge in [0.05, 0.1) is 0 Å². The second-order valence-corrected chi connectivity index (χ2v) is 10.4. The first-order valence-corrected chi connectivity index (χ1v) is 10.0. The molecule has 2 heteroatoms. The van der Waals surface area contributed by atoms with Crippen LogP contribution >= 0.6 is 0 Å². The summed E-state index contributed by atoms with van der Waals surface area (Å²) < 4.78 is 17.4. The standard InChI is InChI=1S/C18H12FTe/c19-13-9-11-14(12-10-13)20-17-7-3-1-5-15(17)16-6-2-4-8-18(16)20/h1-12H. The van der Waals surface area contributed by atoms with Crippen LogP contribution in [0.4, 0.5) is 4.39 Å². The third kappa shape index (κ3) is 1.80. The van der Waals surface area contributed by atoms with Crippen LogP contribution in [0.5, 0.6) is 0 Å². The molecule has 0 atom stereocenters. The number of hydrogen-bond donors (Lipinski definition) is 0. The molecular formula is C18H12FTe. The van der Waals surface area contributed by atoms with Crippen molar-refractivity contribution in [1.82, 2.24) is 0 Å². The molecule has 3 aromatic rings. The van der Waals surface area contributed by atoms with E-state index in [1.54, 1.807) is 12.1 Å². The summed E-state index contributed by atoms with van der Waals surface area (Å²) >= 11 is -1.79. The van der Waals surface area contributed by atoms with Crippen LogP contribution in [0, 0.1) is 5.82 Å². The molecule has 0 aliphatic carbocycles. The monoisotopic (exact) mass is 377 g/mol. The molecule has 0 fully saturated rings. The van der Waals surface area contributed by atoms with Crippen molar-refractivity contribution in [3.8, 4) is 11.1 Å². The molecule has 0 saturated carbocycles. The number of fused-ring (bicyclic) bond motifs is 3. The minimum atomic E-state index is -1.79. The Labute approximate surface area is 124 Å². The summed E-state index contributed by atoms with van der Waals surface area (Å²) in [6.07, 6.45) is 0. The van der Waals surface area contributed by atoms with Gasteiger partial charge in [0, 0.05) is 0 Å². The van der Waals surface area contributed by atoms with Crippen LogP contribution in [0.15, 0.2) is 72.8 Å². The molecule has 0 nitrogen and oxygen atoms in total. The van der Waals surface area contributed by atoms with Gasteiger partial charge in [0.2, 0.25) is 0 Å². The molecule has 0 bridgehead atoms. The Bertz CT molecular complexity index is 732. The molecule has 0 saturated heterocycles. The molecule has 1 radical (unpaired) electrons. The minimum absolute atomic E-state index is 0.160. The Balaban J connectivity index is 1.97. The number of halogens is 1. The zero-order chi connectivity index (χ0) is 13.5. The maximum atomic E-state index is 13.2. The second kappa shape index (κ2) is 4.74. The third-order valence-corrected chi connectivity index (χ3v) is 10.2. The van der Waals surface area contributed by atoms with Gasteiger partial charge in [0.15, 0.2) is 0 Å². The predicted octanol–water partition coefficient (Wildman–Crippen LogP) is 2.32. The molecule has 0 spiro atoms. The Morgan fingerprint density at radius 1 is 0.600 bits per heavy atom. The number of rotatable bonds is 1. The van der Waals surface area contributed by atoms with Crippen LogP contribution in [0.3, 0.4) is 0 Å². The summed E-state index contributed by atoms with van der Waals surface area (Å²) in [5, 5.41) is 0. The van der Waals surface area contributed by atoms with E-state index in [9.17, 15) is 4.39 Å². The van der Waals surface area contributed by atoms with Gasteiger partial charge in [-0.05, 0) is 0 Å².